The van der Waals surface area contributed by atoms with Crippen molar-refractivity contribution in [1.29, 1.82) is 0 Å². The summed E-state index contributed by atoms with van der Waals surface area (Å²) < 4.78 is 5.12. The predicted molar refractivity (Wildman–Crippen MR) is 82.6 cm³/mol. The normalized spacial score (nSPS) is 17.4. The van der Waals surface area contributed by atoms with Crippen LogP contribution in [0, 0.1) is 0 Å². The molecule has 4 nitrogen and oxygen atoms in total. The maximum Gasteiger partial charge on any atom is 0.237 e. The van der Waals surface area contributed by atoms with Gasteiger partial charge in [0.2, 0.25) is 5.91 Å². The first kappa shape index (κ1) is 16.8. The summed E-state index contributed by atoms with van der Waals surface area (Å²) in [5, 5.41) is 6.19. The van der Waals surface area contributed by atoms with Gasteiger partial charge in [0.1, 0.15) is 5.75 Å². The smallest absolute Gasteiger partial charge is 0.237 e. The van der Waals surface area contributed by atoms with Gasteiger partial charge < -0.3 is 15.4 Å². The highest BCUT2D eigenvalue weighted by molar-refractivity contribution is 5.85. The third-order valence-corrected chi connectivity index (χ3v) is 3.48. The van der Waals surface area contributed by atoms with Crippen molar-refractivity contribution in [2.75, 3.05) is 20.2 Å². The van der Waals surface area contributed by atoms with Gasteiger partial charge in [0, 0.05) is 6.54 Å². The fourth-order valence-electron chi connectivity index (χ4n) is 2.33. The first-order chi connectivity index (χ1) is 9.29. The maximum atomic E-state index is 11.8. The highest BCUT2D eigenvalue weighted by atomic mass is 35.5. The Bertz CT molecular complexity index is 403. The predicted octanol–water partition coefficient (Wildman–Crippen LogP) is 1.92. The van der Waals surface area contributed by atoms with E-state index in [1.165, 1.54) is 5.56 Å². The van der Waals surface area contributed by atoms with Gasteiger partial charge >= 0.3 is 0 Å². The molecule has 1 heterocycles. The van der Waals surface area contributed by atoms with Gasteiger partial charge in [-0.05, 0) is 49.9 Å². The number of amides is 1. The monoisotopic (exact) mass is 298 g/mol. The molecule has 0 radical (unpaired) electrons. The number of carbonyl (C=O) groups is 1. The summed E-state index contributed by atoms with van der Waals surface area (Å²) in [5.74, 6) is 1.02. The lowest BCUT2D eigenvalue weighted by Crippen LogP contribution is -2.40. The van der Waals surface area contributed by atoms with E-state index in [1.54, 1.807) is 7.11 Å². The molecule has 1 aromatic rings. The summed E-state index contributed by atoms with van der Waals surface area (Å²) in [6.07, 6.45) is 4.00. The van der Waals surface area contributed by atoms with Crippen molar-refractivity contribution in [3.63, 3.8) is 0 Å². The van der Waals surface area contributed by atoms with Crippen LogP contribution in [0.5, 0.6) is 5.75 Å². The molecule has 2 N–H and O–H groups in total. The van der Waals surface area contributed by atoms with Crippen LogP contribution in [0.25, 0.3) is 0 Å². The summed E-state index contributed by atoms with van der Waals surface area (Å²) in [4.78, 5) is 11.8. The van der Waals surface area contributed by atoms with E-state index < -0.39 is 0 Å². The Morgan fingerprint density at radius 1 is 1.40 bits per heavy atom. The molecule has 1 saturated heterocycles. The Morgan fingerprint density at radius 3 is 2.75 bits per heavy atom. The van der Waals surface area contributed by atoms with Gasteiger partial charge in [-0.2, -0.15) is 0 Å². The van der Waals surface area contributed by atoms with Crippen molar-refractivity contribution in [2.24, 2.45) is 0 Å². The van der Waals surface area contributed by atoms with E-state index in [0.29, 0.717) is 0 Å². The highest BCUT2D eigenvalue weighted by Gasteiger charge is 2.20. The average Bonchev–Trinajstić information content (AvgIpc) is 2.98. The Balaban J connectivity index is 0.00000200. The minimum absolute atomic E-state index is 0. The zero-order valence-electron chi connectivity index (χ0n) is 11.9. The third kappa shape index (κ3) is 5.02. The third-order valence-electron chi connectivity index (χ3n) is 3.48. The second-order valence-electron chi connectivity index (χ2n) is 4.89. The molecule has 20 heavy (non-hydrogen) atoms. The molecule has 1 atom stereocenters. The Labute approximate surface area is 126 Å². The molecule has 2 rings (SSSR count). The van der Waals surface area contributed by atoms with Crippen LogP contribution < -0.4 is 15.4 Å². The molecular weight excluding hydrogens is 276 g/mol. The van der Waals surface area contributed by atoms with Crippen LogP contribution in [-0.2, 0) is 11.2 Å². The van der Waals surface area contributed by atoms with Crippen LogP contribution in [0.15, 0.2) is 24.3 Å². The van der Waals surface area contributed by atoms with E-state index in [-0.39, 0.29) is 24.4 Å². The molecule has 5 heteroatoms. The number of nitrogens with one attached hydrogen (secondary N) is 2. The number of rotatable bonds is 6. The molecule has 0 spiro atoms. The molecular formula is C15H23ClN2O2. The average molecular weight is 299 g/mol. The van der Waals surface area contributed by atoms with E-state index >= 15 is 0 Å². The SMILES string of the molecule is COc1ccc(CCCNC(=O)C2CCCN2)cc1.Cl. The number of carbonyl (C=O) groups excluding carboxylic acids is 1. The standard InChI is InChI=1S/C15H22N2O2.ClH/c1-19-13-8-6-12(7-9-13)4-2-11-17-15(18)14-5-3-10-16-14;/h6-9,14,16H,2-5,10-11H2,1H3,(H,17,18);1H. The fraction of sp³-hybridized carbons (Fsp3) is 0.533. The van der Waals surface area contributed by atoms with Crippen molar-refractivity contribution >= 4 is 18.3 Å². The first-order valence-corrected chi connectivity index (χ1v) is 6.93. The topological polar surface area (TPSA) is 50.4 Å². The molecule has 0 saturated carbocycles. The van der Waals surface area contributed by atoms with Gasteiger partial charge in [0.05, 0.1) is 13.2 Å². The van der Waals surface area contributed by atoms with Crippen molar-refractivity contribution in [1.82, 2.24) is 10.6 Å². The van der Waals surface area contributed by atoms with E-state index in [2.05, 4.69) is 22.8 Å². The molecule has 1 aliphatic rings. The fourth-order valence-corrected chi connectivity index (χ4v) is 2.33. The molecule has 0 aromatic heterocycles. The zero-order chi connectivity index (χ0) is 13.5. The Hall–Kier alpha value is -1.26. The van der Waals surface area contributed by atoms with Crippen LogP contribution in [0.2, 0.25) is 0 Å². The van der Waals surface area contributed by atoms with Gasteiger partial charge in [-0.25, -0.2) is 0 Å². The molecule has 1 unspecified atom stereocenters. The first-order valence-electron chi connectivity index (χ1n) is 6.93. The lowest BCUT2D eigenvalue weighted by atomic mass is 10.1. The number of ether oxygens (including phenoxy) is 1. The lowest BCUT2D eigenvalue weighted by molar-refractivity contribution is -0.122. The van der Waals surface area contributed by atoms with Crippen LogP contribution in [-0.4, -0.2) is 32.1 Å². The number of hydrogen-bond acceptors (Lipinski definition) is 3. The number of hydrogen-bond donors (Lipinski definition) is 2. The van der Waals surface area contributed by atoms with Gasteiger partial charge in [0.25, 0.3) is 0 Å². The largest absolute Gasteiger partial charge is 0.497 e. The molecule has 1 aromatic carbocycles. The summed E-state index contributed by atoms with van der Waals surface area (Å²) in [7, 11) is 1.67. The summed E-state index contributed by atoms with van der Waals surface area (Å²) in [6, 6.07) is 8.10. The molecule has 112 valence electrons. The molecule has 1 fully saturated rings. The van der Waals surface area contributed by atoms with Crippen molar-refractivity contribution in [3.05, 3.63) is 29.8 Å². The highest BCUT2D eigenvalue weighted by Crippen LogP contribution is 2.12. The summed E-state index contributed by atoms with van der Waals surface area (Å²) in [5.41, 5.74) is 1.27. The van der Waals surface area contributed by atoms with E-state index in [0.717, 1.165) is 44.5 Å². The van der Waals surface area contributed by atoms with Crippen molar-refractivity contribution in [3.8, 4) is 5.75 Å². The zero-order valence-corrected chi connectivity index (χ0v) is 12.7. The quantitative estimate of drug-likeness (QED) is 0.789. The van der Waals surface area contributed by atoms with E-state index in [1.807, 2.05) is 12.1 Å². The van der Waals surface area contributed by atoms with Crippen molar-refractivity contribution in [2.45, 2.75) is 31.7 Å². The maximum absolute atomic E-state index is 11.8. The number of benzene rings is 1. The van der Waals surface area contributed by atoms with Crippen LogP contribution in [0.4, 0.5) is 0 Å². The van der Waals surface area contributed by atoms with Gasteiger partial charge in [-0.3, -0.25) is 4.79 Å². The summed E-state index contributed by atoms with van der Waals surface area (Å²) in [6.45, 7) is 1.70. The van der Waals surface area contributed by atoms with Gasteiger partial charge in [-0.1, -0.05) is 12.1 Å². The number of halogens is 1. The van der Waals surface area contributed by atoms with E-state index in [9.17, 15) is 4.79 Å². The van der Waals surface area contributed by atoms with Crippen LogP contribution in [0.3, 0.4) is 0 Å². The summed E-state index contributed by atoms with van der Waals surface area (Å²) >= 11 is 0. The lowest BCUT2D eigenvalue weighted by Gasteiger charge is -2.11. The number of methoxy groups -OCH3 is 1. The minimum Gasteiger partial charge on any atom is -0.497 e. The van der Waals surface area contributed by atoms with Crippen molar-refractivity contribution < 1.29 is 9.53 Å². The van der Waals surface area contributed by atoms with E-state index in [4.69, 9.17) is 4.74 Å². The second kappa shape index (κ2) is 8.82. The Kier molecular flexibility index (Phi) is 7.41. The number of aryl methyl sites for hydroxylation is 1. The minimum atomic E-state index is 0. The molecule has 0 aliphatic carbocycles. The van der Waals surface area contributed by atoms with Crippen LogP contribution >= 0.6 is 12.4 Å². The van der Waals surface area contributed by atoms with Gasteiger partial charge in [-0.15, -0.1) is 12.4 Å². The van der Waals surface area contributed by atoms with Crippen LogP contribution in [0.1, 0.15) is 24.8 Å². The van der Waals surface area contributed by atoms with Gasteiger partial charge in [0.15, 0.2) is 0 Å². The molecule has 1 amide bonds. The second-order valence-corrected chi connectivity index (χ2v) is 4.89. The molecule has 0 bridgehead atoms. The molecule has 1 aliphatic heterocycles. The Morgan fingerprint density at radius 2 is 2.15 bits per heavy atom.